The minimum Gasteiger partial charge on any atom is -0.464 e. The first-order valence-electron chi connectivity index (χ1n) is 6.86. The molecule has 3 rings (SSSR count). The van der Waals surface area contributed by atoms with Gasteiger partial charge >= 0.3 is 0 Å². The van der Waals surface area contributed by atoms with E-state index in [1.54, 1.807) is 4.90 Å². The molecule has 2 aromatic rings. The topological polar surface area (TPSA) is 33.5 Å². The van der Waals surface area contributed by atoms with E-state index in [1.807, 2.05) is 19.1 Å². The van der Waals surface area contributed by atoms with Gasteiger partial charge in [0.2, 0.25) is 0 Å². The number of furan rings is 1. The molecule has 5 heteroatoms. The van der Waals surface area contributed by atoms with E-state index in [0.29, 0.717) is 16.6 Å². The molecule has 1 amide bonds. The zero-order chi connectivity index (χ0) is 15.0. The summed E-state index contributed by atoms with van der Waals surface area (Å²) in [6, 6.07) is 8.38. The van der Waals surface area contributed by atoms with Crippen LogP contribution in [-0.2, 0) is 6.54 Å². The summed E-state index contributed by atoms with van der Waals surface area (Å²) in [5.74, 6) is 1.14. The Bertz CT molecular complexity index is 679. The van der Waals surface area contributed by atoms with E-state index in [4.69, 9.17) is 4.42 Å². The summed E-state index contributed by atoms with van der Waals surface area (Å²) < 4.78 is 19.2. The van der Waals surface area contributed by atoms with Crippen molar-refractivity contribution in [1.82, 2.24) is 4.90 Å². The van der Waals surface area contributed by atoms with Crippen LogP contribution in [0.5, 0.6) is 0 Å². The van der Waals surface area contributed by atoms with Crippen LogP contribution in [-0.4, -0.2) is 16.8 Å². The number of halogens is 2. The van der Waals surface area contributed by atoms with Crippen molar-refractivity contribution in [3.05, 3.63) is 57.7 Å². The molecule has 1 aromatic carbocycles. The maximum absolute atomic E-state index is 13.3. The summed E-state index contributed by atoms with van der Waals surface area (Å²) >= 11 is 3.12. The predicted molar refractivity (Wildman–Crippen MR) is 80.4 cm³/mol. The van der Waals surface area contributed by atoms with Crippen LogP contribution in [0.3, 0.4) is 0 Å². The standard InChI is InChI=1S/C16H15BrFNO2/c1-10-2-6-13(21-10)9-19(12-4-5-12)16(20)11-3-7-15(18)14(17)8-11/h2-3,6-8,12H,4-5,9H2,1H3. The van der Waals surface area contributed by atoms with Gasteiger partial charge in [-0.15, -0.1) is 0 Å². The highest BCUT2D eigenvalue weighted by molar-refractivity contribution is 9.10. The van der Waals surface area contributed by atoms with Crippen LogP contribution in [0.15, 0.2) is 39.2 Å². The second-order valence-electron chi connectivity index (χ2n) is 5.31. The van der Waals surface area contributed by atoms with Crippen LogP contribution in [0.1, 0.15) is 34.7 Å². The first-order valence-corrected chi connectivity index (χ1v) is 7.65. The Morgan fingerprint density at radius 1 is 1.38 bits per heavy atom. The minimum atomic E-state index is -0.369. The maximum Gasteiger partial charge on any atom is 0.254 e. The summed E-state index contributed by atoms with van der Waals surface area (Å²) in [5.41, 5.74) is 0.485. The average molecular weight is 352 g/mol. The Kier molecular flexibility index (Phi) is 3.85. The molecule has 1 aliphatic carbocycles. The second kappa shape index (κ2) is 5.64. The number of amides is 1. The Morgan fingerprint density at radius 3 is 2.71 bits per heavy atom. The third-order valence-corrected chi connectivity index (χ3v) is 4.14. The van der Waals surface area contributed by atoms with Crippen molar-refractivity contribution in [2.45, 2.75) is 32.4 Å². The van der Waals surface area contributed by atoms with Crippen molar-refractivity contribution >= 4 is 21.8 Å². The fourth-order valence-corrected chi connectivity index (χ4v) is 2.66. The lowest BCUT2D eigenvalue weighted by molar-refractivity contribution is 0.0717. The third-order valence-electron chi connectivity index (χ3n) is 3.54. The van der Waals surface area contributed by atoms with E-state index in [0.717, 1.165) is 24.4 Å². The zero-order valence-electron chi connectivity index (χ0n) is 11.6. The number of rotatable bonds is 4. The molecule has 110 valence electrons. The normalized spacial score (nSPS) is 14.2. The smallest absolute Gasteiger partial charge is 0.254 e. The molecular weight excluding hydrogens is 337 g/mol. The van der Waals surface area contributed by atoms with Gasteiger partial charge in [0.05, 0.1) is 11.0 Å². The molecule has 21 heavy (non-hydrogen) atoms. The average Bonchev–Trinajstić information content (AvgIpc) is 3.21. The first-order chi connectivity index (χ1) is 10.0. The fraction of sp³-hybridized carbons (Fsp3) is 0.312. The number of hydrogen-bond acceptors (Lipinski definition) is 2. The van der Waals surface area contributed by atoms with Crippen molar-refractivity contribution in [2.75, 3.05) is 0 Å². The van der Waals surface area contributed by atoms with E-state index < -0.39 is 0 Å². The molecule has 1 aliphatic rings. The molecule has 1 heterocycles. The van der Waals surface area contributed by atoms with Gasteiger partial charge in [0.1, 0.15) is 17.3 Å². The Hall–Kier alpha value is -1.62. The number of carbonyl (C=O) groups excluding carboxylic acids is 1. The van der Waals surface area contributed by atoms with Gasteiger partial charge in [0.25, 0.3) is 5.91 Å². The molecule has 0 saturated heterocycles. The maximum atomic E-state index is 13.3. The Balaban J connectivity index is 1.83. The Labute approximate surface area is 130 Å². The summed E-state index contributed by atoms with van der Waals surface area (Å²) in [7, 11) is 0. The number of nitrogens with zero attached hydrogens (tertiary/aromatic N) is 1. The minimum absolute atomic E-state index is 0.0905. The highest BCUT2D eigenvalue weighted by Gasteiger charge is 2.33. The summed E-state index contributed by atoms with van der Waals surface area (Å²) in [4.78, 5) is 14.4. The molecular formula is C16H15BrFNO2. The molecule has 0 N–H and O–H groups in total. The van der Waals surface area contributed by atoms with Gasteiger partial charge in [0.15, 0.2) is 0 Å². The van der Waals surface area contributed by atoms with Crippen LogP contribution >= 0.6 is 15.9 Å². The van der Waals surface area contributed by atoms with E-state index in [1.165, 1.54) is 18.2 Å². The number of benzene rings is 1. The molecule has 0 aliphatic heterocycles. The van der Waals surface area contributed by atoms with Gasteiger partial charge in [-0.1, -0.05) is 0 Å². The van der Waals surface area contributed by atoms with Gasteiger partial charge in [-0.25, -0.2) is 4.39 Å². The predicted octanol–water partition coefficient (Wildman–Crippen LogP) is 4.29. The van der Waals surface area contributed by atoms with Crippen molar-refractivity contribution in [2.24, 2.45) is 0 Å². The van der Waals surface area contributed by atoms with E-state index in [2.05, 4.69) is 15.9 Å². The van der Waals surface area contributed by atoms with Crippen LogP contribution in [0.25, 0.3) is 0 Å². The fourth-order valence-electron chi connectivity index (χ4n) is 2.29. The van der Waals surface area contributed by atoms with Gasteiger partial charge in [-0.2, -0.15) is 0 Å². The largest absolute Gasteiger partial charge is 0.464 e. The molecule has 0 unspecified atom stereocenters. The van der Waals surface area contributed by atoms with Crippen molar-refractivity contribution in [3.8, 4) is 0 Å². The van der Waals surface area contributed by atoms with Crippen LogP contribution in [0.4, 0.5) is 4.39 Å². The van der Waals surface area contributed by atoms with Crippen molar-refractivity contribution < 1.29 is 13.6 Å². The molecule has 1 saturated carbocycles. The van der Waals surface area contributed by atoms with Gasteiger partial charge in [-0.05, 0) is 66.0 Å². The summed E-state index contributed by atoms with van der Waals surface area (Å²) in [6.45, 7) is 2.33. The highest BCUT2D eigenvalue weighted by atomic mass is 79.9. The molecule has 1 fully saturated rings. The van der Waals surface area contributed by atoms with E-state index in [9.17, 15) is 9.18 Å². The lowest BCUT2D eigenvalue weighted by atomic mass is 10.2. The molecule has 3 nitrogen and oxygen atoms in total. The number of hydrogen-bond donors (Lipinski definition) is 0. The lowest BCUT2D eigenvalue weighted by Crippen LogP contribution is -2.32. The second-order valence-corrected chi connectivity index (χ2v) is 6.16. The van der Waals surface area contributed by atoms with Gasteiger partial charge in [-0.3, -0.25) is 4.79 Å². The van der Waals surface area contributed by atoms with Crippen LogP contribution in [0.2, 0.25) is 0 Å². The van der Waals surface area contributed by atoms with Crippen LogP contribution in [0, 0.1) is 12.7 Å². The lowest BCUT2D eigenvalue weighted by Gasteiger charge is -2.21. The van der Waals surface area contributed by atoms with Gasteiger partial charge in [0, 0.05) is 11.6 Å². The molecule has 0 atom stereocenters. The van der Waals surface area contributed by atoms with E-state index >= 15 is 0 Å². The van der Waals surface area contributed by atoms with E-state index in [-0.39, 0.29) is 17.8 Å². The van der Waals surface area contributed by atoms with Gasteiger partial charge < -0.3 is 9.32 Å². The van der Waals surface area contributed by atoms with Crippen LogP contribution < -0.4 is 0 Å². The molecule has 0 bridgehead atoms. The summed E-state index contributed by atoms with van der Waals surface area (Å²) in [6.07, 6.45) is 2.02. The highest BCUT2D eigenvalue weighted by Crippen LogP contribution is 2.30. The molecule has 1 aromatic heterocycles. The first kappa shape index (κ1) is 14.3. The molecule has 0 radical (unpaired) electrons. The Morgan fingerprint density at radius 2 is 2.14 bits per heavy atom. The number of aryl methyl sites for hydroxylation is 1. The van der Waals surface area contributed by atoms with Crippen molar-refractivity contribution in [3.63, 3.8) is 0 Å². The van der Waals surface area contributed by atoms with Crippen molar-refractivity contribution in [1.29, 1.82) is 0 Å². The zero-order valence-corrected chi connectivity index (χ0v) is 13.2. The quantitative estimate of drug-likeness (QED) is 0.822. The third kappa shape index (κ3) is 3.18. The monoisotopic (exact) mass is 351 g/mol. The molecule has 0 spiro atoms. The SMILES string of the molecule is Cc1ccc(CN(C(=O)c2ccc(F)c(Br)c2)C2CC2)o1. The number of carbonyl (C=O) groups is 1. The summed E-state index contributed by atoms with van der Waals surface area (Å²) in [5, 5.41) is 0.